The Morgan fingerprint density at radius 1 is 1.38 bits per heavy atom. The molecule has 7 heteroatoms. The summed E-state index contributed by atoms with van der Waals surface area (Å²) in [5, 5.41) is 10.3. The number of hydrogen-bond acceptors (Lipinski definition) is 4. The molecule has 1 saturated carbocycles. The Bertz CT molecular complexity index is 723. The van der Waals surface area contributed by atoms with Gasteiger partial charge in [-0.2, -0.15) is 4.98 Å². The summed E-state index contributed by atoms with van der Waals surface area (Å²) in [6.07, 6.45) is 2.75. The van der Waals surface area contributed by atoms with E-state index in [4.69, 9.17) is 4.52 Å². The summed E-state index contributed by atoms with van der Waals surface area (Å²) in [7, 11) is 1.73. The molecule has 24 heavy (non-hydrogen) atoms. The van der Waals surface area contributed by atoms with Crippen molar-refractivity contribution in [1.29, 1.82) is 0 Å². The molecule has 0 radical (unpaired) electrons. The molecule has 0 spiro atoms. The van der Waals surface area contributed by atoms with Crippen LogP contribution in [0.4, 0.5) is 4.39 Å². The quantitative estimate of drug-likeness (QED) is 0.625. The number of nitrogens with one attached hydrogen (secondary N) is 2. The molecule has 0 atom stereocenters. The highest BCUT2D eigenvalue weighted by atomic mass is 19.1. The minimum absolute atomic E-state index is 0.0172. The Hall–Kier alpha value is -2.44. The zero-order valence-electron chi connectivity index (χ0n) is 14.0. The number of aryl methyl sites for hydroxylation is 1. The molecule has 1 aliphatic rings. The number of aromatic nitrogens is 2. The monoisotopic (exact) mass is 331 g/mol. The smallest absolute Gasteiger partial charge is 0.228 e. The third kappa shape index (κ3) is 3.90. The van der Waals surface area contributed by atoms with Crippen molar-refractivity contribution < 1.29 is 8.91 Å². The maximum atomic E-state index is 13.4. The van der Waals surface area contributed by atoms with E-state index in [0.29, 0.717) is 30.6 Å². The molecule has 128 valence electrons. The summed E-state index contributed by atoms with van der Waals surface area (Å²) in [6, 6.07) is 6.87. The van der Waals surface area contributed by atoms with Crippen molar-refractivity contribution >= 4 is 5.96 Å². The number of guanidine groups is 1. The van der Waals surface area contributed by atoms with E-state index in [-0.39, 0.29) is 11.2 Å². The first-order valence-electron chi connectivity index (χ1n) is 8.11. The molecule has 2 N–H and O–H groups in total. The zero-order valence-corrected chi connectivity index (χ0v) is 14.0. The Balaban J connectivity index is 1.49. The van der Waals surface area contributed by atoms with Crippen LogP contribution in [0, 0.1) is 12.7 Å². The first-order chi connectivity index (χ1) is 11.6. The normalized spacial score (nSPS) is 16.0. The number of halogens is 1. The fourth-order valence-electron chi connectivity index (χ4n) is 2.74. The molecule has 6 nitrogen and oxygen atoms in total. The minimum Gasteiger partial charge on any atom is -0.356 e. The summed E-state index contributed by atoms with van der Waals surface area (Å²) < 4.78 is 18.5. The maximum absolute atomic E-state index is 13.4. The Kier molecular flexibility index (Phi) is 4.78. The standard InChI is InChI=1S/C17H22FN5O/c1-12-22-15(24-23-12)6-9-20-16(19-2)21-11-17(7-8-17)13-4-3-5-14(18)10-13/h3-5,10H,6-9,11H2,1-2H3,(H2,19,20,21). The second-order valence-electron chi connectivity index (χ2n) is 6.13. The van der Waals surface area contributed by atoms with Crippen LogP contribution in [0.5, 0.6) is 0 Å². The molecule has 3 rings (SSSR count). The van der Waals surface area contributed by atoms with Gasteiger partial charge in [-0.15, -0.1) is 0 Å². The number of hydrogen-bond donors (Lipinski definition) is 2. The Labute approximate surface area is 140 Å². The van der Waals surface area contributed by atoms with E-state index < -0.39 is 0 Å². The third-order valence-electron chi connectivity index (χ3n) is 4.31. The first-order valence-corrected chi connectivity index (χ1v) is 8.11. The van der Waals surface area contributed by atoms with Gasteiger partial charge >= 0.3 is 0 Å². The van der Waals surface area contributed by atoms with Gasteiger partial charge in [-0.05, 0) is 37.5 Å². The largest absolute Gasteiger partial charge is 0.356 e. The molecular formula is C17H22FN5O. The van der Waals surface area contributed by atoms with Crippen LogP contribution in [0.3, 0.4) is 0 Å². The first kappa shape index (κ1) is 16.4. The minimum atomic E-state index is -0.184. The molecular weight excluding hydrogens is 309 g/mol. The highest BCUT2D eigenvalue weighted by Crippen LogP contribution is 2.47. The van der Waals surface area contributed by atoms with Crippen LogP contribution < -0.4 is 10.6 Å². The van der Waals surface area contributed by atoms with E-state index in [1.54, 1.807) is 26.1 Å². The molecule has 0 aliphatic heterocycles. The van der Waals surface area contributed by atoms with Crippen LogP contribution in [0.1, 0.15) is 30.1 Å². The van der Waals surface area contributed by atoms with Gasteiger partial charge in [0.15, 0.2) is 11.8 Å². The lowest BCUT2D eigenvalue weighted by atomic mass is 9.96. The number of nitrogens with zero attached hydrogens (tertiary/aromatic N) is 3. The summed E-state index contributed by atoms with van der Waals surface area (Å²) in [4.78, 5) is 8.38. The third-order valence-corrected chi connectivity index (χ3v) is 4.31. The molecule has 1 aromatic carbocycles. The fraction of sp³-hybridized carbons (Fsp3) is 0.471. The van der Waals surface area contributed by atoms with Crippen molar-refractivity contribution in [2.75, 3.05) is 20.1 Å². The molecule has 0 saturated heterocycles. The molecule has 1 aromatic heterocycles. The SMILES string of the molecule is CN=C(NCCc1nc(C)no1)NCC1(c2cccc(F)c2)CC1. The van der Waals surface area contributed by atoms with Crippen LogP contribution in [0.2, 0.25) is 0 Å². The second kappa shape index (κ2) is 6.98. The highest BCUT2D eigenvalue weighted by Gasteiger charge is 2.44. The molecule has 0 unspecified atom stereocenters. The van der Waals surface area contributed by atoms with Gasteiger partial charge in [0, 0.05) is 32.0 Å². The molecule has 0 bridgehead atoms. The van der Waals surface area contributed by atoms with E-state index in [0.717, 1.165) is 24.9 Å². The van der Waals surface area contributed by atoms with Crippen molar-refractivity contribution in [3.05, 3.63) is 47.4 Å². The van der Waals surface area contributed by atoms with Gasteiger partial charge in [-0.3, -0.25) is 4.99 Å². The molecule has 1 heterocycles. The van der Waals surface area contributed by atoms with E-state index >= 15 is 0 Å². The van der Waals surface area contributed by atoms with Crippen LogP contribution in [-0.4, -0.2) is 36.2 Å². The van der Waals surface area contributed by atoms with E-state index in [1.165, 1.54) is 6.07 Å². The van der Waals surface area contributed by atoms with Crippen LogP contribution in [0.25, 0.3) is 0 Å². The predicted octanol–water partition coefficient (Wildman–Crippen LogP) is 1.96. The van der Waals surface area contributed by atoms with Gasteiger partial charge in [-0.1, -0.05) is 17.3 Å². The molecule has 1 aliphatic carbocycles. The summed E-state index contributed by atoms with van der Waals surface area (Å²) in [6.45, 7) is 3.17. The summed E-state index contributed by atoms with van der Waals surface area (Å²) in [5.74, 6) is 1.78. The zero-order chi connectivity index (χ0) is 17.0. The average molecular weight is 331 g/mol. The summed E-state index contributed by atoms with van der Waals surface area (Å²) in [5.41, 5.74) is 1.07. The fourth-order valence-corrected chi connectivity index (χ4v) is 2.74. The van der Waals surface area contributed by atoms with Gasteiger partial charge in [-0.25, -0.2) is 4.39 Å². The van der Waals surface area contributed by atoms with Crippen LogP contribution >= 0.6 is 0 Å². The molecule has 1 fully saturated rings. The average Bonchev–Trinajstić information content (AvgIpc) is 3.26. The lowest BCUT2D eigenvalue weighted by molar-refractivity contribution is 0.374. The number of aliphatic imine (C=N–C) groups is 1. The topological polar surface area (TPSA) is 75.3 Å². The van der Waals surface area contributed by atoms with Crippen molar-refractivity contribution in [3.63, 3.8) is 0 Å². The Morgan fingerprint density at radius 3 is 2.83 bits per heavy atom. The van der Waals surface area contributed by atoms with Gasteiger partial charge < -0.3 is 15.2 Å². The molecule has 2 aromatic rings. The number of rotatable bonds is 6. The maximum Gasteiger partial charge on any atom is 0.228 e. The van der Waals surface area contributed by atoms with E-state index in [1.807, 2.05) is 6.07 Å². The van der Waals surface area contributed by atoms with Crippen LogP contribution in [0.15, 0.2) is 33.8 Å². The number of benzene rings is 1. The van der Waals surface area contributed by atoms with Crippen molar-refractivity contribution in [3.8, 4) is 0 Å². The van der Waals surface area contributed by atoms with Gasteiger partial charge in [0.2, 0.25) is 5.89 Å². The van der Waals surface area contributed by atoms with Crippen molar-refractivity contribution in [1.82, 2.24) is 20.8 Å². The van der Waals surface area contributed by atoms with Gasteiger partial charge in [0.1, 0.15) is 5.82 Å². The lowest BCUT2D eigenvalue weighted by Gasteiger charge is -2.19. The van der Waals surface area contributed by atoms with Gasteiger partial charge in [0.25, 0.3) is 0 Å². The Morgan fingerprint density at radius 2 is 2.21 bits per heavy atom. The highest BCUT2D eigenvalue weighted by molar-refractivity contribution is 5.79. The van der Waals surface area contributed by atoms with E-state index in [9.17, 15) is 4.39 Å². The van der Waals surface area contributed by atoms with Gasteiger partial charge in [0.05, 0.1) is 0 Å². The summed E-state index contributed by atoms with van der Waals surface area (Å²) >= 11 is 0. The lowest BCUT2D eigenvalue weighted by Crippen LogP contribution is -2.42. The van der Waals surface area contributed by atoms with Crippen molar-refractivity contribution in [2.45, 2.75) is 31.6 Å². The van der Waals surface area contributed by atoms with Crippen LogP contribution in [-0.2, 0) is 11.8 Å². The molecule has 0 amide bonds. The second-order valence-corrected chi connectivity index (χ2v) is 6.13. The van der Waals surface area contributed by atoms with Crippen molar-refractivity contribution in [2.24, 2.45) is 4.99 Å². The predicted molar refractivity (Wildman–Crippen MR) is 89.4 cm³/mol. The van der Waals surface area contributed by atoms with E-state index in [2.05, 4.69) is 25.8 Å².